The third kappa shape index (κ3) is 5.16. The number of benzene rings is 1. The summed E-state index contributed by atoms with van der Waals surface area (Å²) in [5.74, 6) is 1.80. The lowest BCUT2D eigenvalue weighted by molar-refractivity contribution is -0.121. The molecule has 1 aliphatic heterocycles. The monoisotopic (exact) mass is 288 g/mol. The van der Waals surface area contributed by atoms with E-state index in [-0.39, 0.29) is 5.91 Å². The molecule has 0 spiro atoms. The summed E-state index contributed by atoms with van der Waals surface area (Å²) in [5.41, 5.74) is 1.31. The summed E-state index contributed by atoms with van der Waals surface area (Å²) in [5, 5.41) is 6.48. The van der Waals surface area contributed by atoms with Crippen LogP contribution in [0.2, 0.25) is 0 Å². The topological polar surface area (TPSA) is 41.1 Å². The zero-order chi connectivity index (χ0) is 15.1. The van der Waals surface area contributed by atoms with Crippen LogP contribution in [0.5, 0.6) is 0 Å². The average Bonchev–Trinajstić information content (AvgIpc) is 2.99. The summed E-state index contributed by atoms with van der Waals surface area (Å²) in [6.07, 6.45) is 2.88. The van der Waals surface area contributed by atoms with E-state index in [1.54, 1.807) is 0 Å². The van der Waals surface area contributed by atoms with Gasteiger partial charge in [-0.25, -0.2) is 0 Å². The van der Waals surface area contributed by atoms with Crippen LogP contribution >= 0.6 is 0 Å². The van der Waals surface area contributed by atoms with Crippen molar-refractivity contribution in [3.63, 3.8) is 0 Å². The molecule has 1 fully saturated rings. The van der Waals surface area contributed by atoms with Crippen molar-refractivity contribution in [2.24, 2.45) is 11.8 Å². The van der Waals surface area contributed by atoms with Crippen LogP contribution in [0.3, 0.4) is 0 Å². The zero-order valence-electron chi connectivity index (χ0n) is 13.3. The molecule has 2 rings (SSSR count). The van der Waals surface area contributed by atoms with Crippen molar-refractivity contribution in [1.29, 1.82) is 0 Å². The Bertz CT molecular complexity index is 424. The maximum absolute atomic E-state index is 12.0. The number of rotatable bonds is 7. The highest BCUT2D eigenvalue weighted by atomic mass is 16.1. The molecule has 3 heteroatoms. The molecule has 1 amide bonds. The smallest absolute Gasteiger partial charge is 0.220 e. The fraction of sp³-hybridized carbons (Fsp3) is 0.611. The Labute approximate surface area is 128 Å². The van der Waals surface area contributed by atoms with Gasteiger partial charge in [0.2, 0.25) is 5.91 Å². The Morgan fingerprint density at radius 1 is 1.33 bits per heavy atom. The minimum absolute atomic E-state index is 0.198. The summed E-state index contributed by atoms with van der Waals surface area (Å²) in [4.78, 5) is 12.0. The highest BCUT2D eigenvalue weighted by Gasteiger charge is 2.18. The van der Waals surface area contributed by atoms with E-state index in [1.807, 2.05) is 6.07 Å². The summed E-state index contributed by atoms with van der Waals surface area (Å²) in [6.45, 7) is 7.35. The van der Waals surface area contributed by atoms with Crippen molar-refractivity contribution in [3.05, 3.63) is 35.9 Å². The minimum Gasteiger partial charge on any atom is -0.355 e. The molecule has 0 saturated carbocycles. The lowest BCUT2D eigenvalue weighted by Gasteiger charge is -2.22. The van der Waals surface area contributed by atoms with Crippen LogP contribution in [0.15, 0.2) is 30.3 Å². The first-order valence-electron chi connectivity index (χ1n) is 8.19. The number of carbonyl (C=O) groups is 1. The molecule has 21 heavy (non-hydrogen) atoms. The molecule has 2 N–H and O–H groups in total. The summed E-state index contributed by atoms with van der Waals surface area (Å²) in [6, 6.07) is 10.5. The van der Waals surface area contributed by atoms with Gasteiger partial charge < -0.3 is 10.6 Å². The fourth-order valence-corrected chi connectivity index (χ4v) is 3.05. The molecule has 1 aliphatic rings. The van der Waals surface area contributed by atoms with Crippen LogP contribution in [-0.4, -0.2) is 25.5 Å². The van der Waals surface area contributed by atoms with Gasteiger partial charge in [0, 0.05) is 18.9 Å². The van der Waals surface area contributed by atoms with Gasteiger partial charge in [-0.2, -0.15) is 0 Å². The number of nitrogens with one attached hydrogen (secondary N) is 2. The van der Waals surface area contributed by atoms with Crippen molar-refractivity contribution in [1.82, 2.24) is 10.6 Å². The van der Waals surface area contributed by atoms with Gasteiger partial charge in [-0.1, -0.05) is 44.2 Å². The third-order valence-electron chi connectivity index (χ3n) is 4.49. The maximum Gasteiger partial charge on any atom is 0.220 e. The standard InChI is InChI=1S/C18H28N2O/c1-14(2)17(16-6-4-3-5-7-16)13-20-18(21)9-8-15-10-11-19-12-15/h3-7,14-15,17,19H,8-13H2,1-2H3,(H,20,21). The molecule has 3 nitrogen and oxygen atoms in total. The second-order valence-corrected chi connectivity index (χ2v) is 6.46. The van der Waals surface area contributed by atoms with E-state index in [1.165, 1.54) is 12.0 Å². The van der Waals surface area contributed by atoms with Crippen LogP contribution < -0.4 is 10.6 Å². The number of amides is 1. The van der Waals surface area contributed by atoms with Gasteiger partial charge in [0.1, 0.15) is 0 Å². The Balaban J connectivity index is 1.77. The van der Waals surface area contributed by atoms with Crippen molar-refractivity contribution in [2.45, 2.75) is 39.0 Å². The SMILES string of the molecule is CC(C)C(CNC(=O)CCC1CCNC1)c1ccccc1. The molecule has 0 bridgehead atoms. The molecule has 1 aromatic rings. The number of hydrogen-bond donors (Lipinski definition) is 2. The predicted molar refractivity (Wildman–Crippen MR) is 87.2 cm³/mol. The fourth-order valence-electron chi connectivity index (χ4n) is 3.05. The van der Waals surface area contributed by atoms with E-state index in [0.717, 1.165) is 26.1 Å². The van der Waals surface area contributed by atoms with Gasteiger partial charge in [0.05, 0.1) is 0 Å². The second-order valence-electron chi connectivity index (χ2n) is 6.46. The van der Waals surface area contributed by atoms with E-state index in [0.29, 0.717) is 24.2 Å². The first-order valence-corrected chi connectivity index (χ1v) is 8.19. The lowest BCUT2D eigenvalue weighted by atomic mass is 9.88. The summed E-state index contributed by atoms with van der Waals surface area (Å²) in [7, 11) is 0. The van der Waals surface area contributed by atoms with Crippen molar-refractivity contribution in [2.75, 3.05) is 19.6 Å². The second kappa shape index (κ2) is 8.18. The normalized spacial score (nSPS) is 19.7. The molecule has 1 heterocycles. The van der Waals surface area contributed by atoms with Crippen LogP contribution in [-0.2, 0) is 4.79 Å². The molecule has 2 atom stereocenters. The molecule has 2 unspecified atom stereocenters. The molecular formula is C18H28N2O. The van der Waals surface area contributed by atoms with Gasteiger partial charge in [0.25, 0.3) is 0 Å². The van der Waals surface area contributed by atoms with E-state index in [9.17, 15) is 4.79 Å². The van der Waals surface area contributed by atoms with E-state index < -0.39 is 0 Å². The molecule has 1 saturated heterocycles. The Kier molecular flexibility index (Phi) is 6.24. The maximum atomic E-state index is 12.0. The molecule has 116 valence electrons. The third-order valence-corrected chi connectivity index (χ3v) is 4.49. The average molecular weight is 288 g/mol. The van der Waals surface area contributed by atoms with Crippen LogP contribution in [0.4, 0.5) is 0 Å². The Morgan fingerprint density at radius 2 is 2.10 bits per heavy atom. The largest absolute Gasteiger partial charge is 0.355 e. The summed E-state index contributed by atoms with van der Waals surface area (Å²) < 4.78 is 0. The van der Waals surface area contributed by atoms with Gasteiger partial charge in [-0.05, 0) is 43.3 Å². The number of carbonyl (C=O) groups excluding carboxylic acids is 1. The summed E-state index contributed by atoms with van der Waals surface area (Å²) >= 11 is 0. The minimum atomic E-state index is 0.198. The molecule has 0 radical (unpaired) electrons. The van der Waals surface area contributed by atoms with Crippen LogP contribution in [0, 0.1) is 11.8 Å². The molecule has 1 aromatic carbocycles. The van der Waals surface area contributed by atoms with Crippen molar-refractivity contribution < 1.29 is 4.79 Å². The highest BCUT2D eigenvalue weighted by Crippen LogP contribution is 2.23. The van der Waals surface area contributed by atoms with Crippen molar-refractivity contribution >= 4 is 5.91 Å². The molecular weight excluding hydrogens is 260 g/mol. The Hall–Kier alpha value is -1.35. The molecule has 0 aromatic heterocycles. The van der Waals surface area contributed by atoms with Gasteiger partial charge >= 0.3 is 0 Å². The van der Waals surface area contributed by atoms with Crippen LogP contribution in [0.25, 0.3) is 0 Å². The molecule has 0 aliphatic carbocycles. The van der Waals surface area contributed by atoms with E-state index in [4.69, 9.17) is 0 Å². The highest BCUT2D eigenvalue weighted by molar-refractivity contribution is 5.75. The predicted octanol–water partition coefficient (Wildman–Crippen LogP) is 2.93. The van der Waals surface area contributed by atoms with E-state index >= 15 is 0 Å². The Morgan fingerprint density at radius 3 is 2.71 bits per heavy atom. The van der Waals surface area contributed by atoms with Crippen molar-refractivity contribution in [3.8, 4) is 0 Å². The first-order chi connectivity index (χ1) is 10.2. The first kappa shape index (κ1) is 16.0. The lowest BCUT2D eigenvalue weighted by Crippen LogP contribution is -2.30. The van der Waals surface area contributed by atoms with Gasteiger partial charge in [0.15, 0.2) is 0 Å². The van der Waals surface area contributed by atoms with Gasteiger partial charge in [-0.3, -0.25) is 4.79 Å². The van der Waals surface area contributed by atoms with Crippen LogP contribution in [0.1, 0.15) is 44.6 Å². The quantitative estimate of drug-likeness (QED) is 0.810. The number of hydrogen-bond acceptors (Lipinski definition) is 2. The zero-order valence-corrected chi connectivity index (χ0v) is 13.3. The van der Waals surface area contributed by atoms with E-state index in [2.05, 4.69) is 48.7 Å². The van der Waals surface area contributed by atoms with Gasteiger partial charge in [-0.15, -0.1) is 0 Å².